The van der Waals surface area contributed by atoms with Gasteiger partial charge in [-0.3, -0.25) is 4.79 Å². The Labute approximate surface area is 98.3 Å². The summed E-state index contributed by atoms with van der Waals surface area (Å²) in [6, 6.07) is 0.408. The predicted octanol–water partition coefficient (Wildman–Crippen LogP) is 0.725. The third-order valence-electron chi connectivity index (χ3n) is 2.98. The molecule has 0 aromatic carbocycles. The standard InChI is InChI=1S/C12H24N2O2/c1-9(2)6-13-11-5-10(12(15)16-4)7-14(3)8-11/h9-11,13H,5-8H2,1-4H3. The molecular formula is C12H24N2O2. The van der Waals surface area contributed by atoms with E-state index in [2.05, 4.69) is 31.1 Å². The van der Waals surface area contributed by atoms with Crippen LogP contribution in [0.3, 0.4) is 0 Å². The number of ether oxygens (including phenoxy) is 1. The van der Waals surface area contributed by atoms with Crippen LogP contribution in [0, 0.1) is 11.8 Å². The van der Waals surface area contributed by atoms with Gasteiger partial charge in [0.1, 0.15) is 0 Å². The number of nitrogens with zero attached hydrogens (tertiary/aromatic N) is 1. The molecule has 0 aromatic heterocycles. The van der Waals surface area contributed by atoms with Crippen molar-refractivity contribution in [1.82, 2.24) is 10.2 Å². The summed E-state index contributed by atoms with van der Waals surface area (Å²) in [6.45, 7) is 7.22. The van der Waals surface area contributed by atoms with Gasteiger partial charge in [-0.25, -0.2) is 0 Å². The Kier molecular flexibility index (Phi) is 5.22. The quantitative estimate of drug-likeness (QED) is 0.720. The Bertz CT molecular complexity index is 231. The number of methoxy groups -OCH3 is 1. The van der Waals surface area contributed by atoms with Crippen molar-refractivity contribution in [2.75, 3.05) is 33.8 Å². The SMILES string of the molecule is COC(=O)C1CC(NCC(C)C)CN(C)C1. The maximum absolute atomic E-state index is 11.5. The Morgan fingerprint density at radius 1 is 1.50 bits per heavy atom. The third-order valence-corrected chi connectivity index (χ3v) is 2.98. The predicted molar refractivity (Wildman–Crippen MR) is 64.2 cm³/mol. The Hall–Kier alpha value is -0.610. The first-order valence-electron chi connectivity index (χ1n) is 6.02. The first-order valence-corrected chi connectivity index (χ1v) is 6.02. The van der Waals surface area contributed by atoms with Crippen LogP contribution >= 0.6 is 0 Å². The highest BCUT2D eigenvalue weighted by atomic mass is 16.5. The number of likely N-dealkylation sites (N-methyl/N-ethyl adjacent to an activating group) is 1. The summed E-state index contributed by atoms with van der Waals surface area (Å²) in [6.07, 6.45) is 0.893. The van der Waals surface area contributed by atoms with Crippen molar-refractivity contribution >= 4 is 5.97 Å². The van der Waals surface area contributed by atoms with E-state index in [0.717, 1.165) is 26.1 Å². The minimum atomic E-state index is -0.0807. The molecule has 0 spiro atoms. The molecule has 1 aliphatic rings. The molecular weight excluding hydrogens is 204 g/mol. The minimum absolute atomic E-state index is 0.0217. The zero-order chi connectivity index (χ0) is 12.1. The summed E-state index contributed by atoms with van der Waals surface area (Å²) in [7, 11) is 3.52. The van der Waals surface area contributed by atoms with Crippen molar-refractivity contribution in [3.63, 3.8) is 0 Å². The van der Waals surface area contributed by atoms with Gasteiger partial charge in [-0.05, 0) is 25.9 Å². The summed E-state index contributed by atoms with van der Waals surface area (Å²) >= 11 is 0. The van der Waals surface area contributed by atoms with Crippen LogP contribution < -0.4 is 5.32 Å². The van der Waals surface area contributed by atoms with E-state index in [4.69, 9.17) is 4.74 Å². The number of carbonyl (C=O) groups is 1. The van der Waals surface area contributed by atoms with Gasteiger partial charge in [0.05, 0.1) is 13.0 Å². The van der Waals surface area contributed by atoms with Gasteiger partial charge < -0.3 is 15.0 Å². The zero-order valence-electron chi connectivity index (χ0n) is 10.8. The number of hydrogen-bond acceptors (Lipinski definition) is 4. The third kappa shape index (κ3) is 4.10. The molecule has 1 aliphatic heterocycles. The van der Waals surface area contributed by atoms with Gasteiger partial charge in [-0.2, -0.15) is 0 Å². The number of carbonyl (C=O) groups excluding carboxylic acids is 1. The fourth-order valence-corrected chi connectivity index (χ4v) is 2.21. The van der Waals surface area contributed by atoms with E-state index in [0.29, 0.717) is 12.0 Å². The van der Waals surface area contributed by atoms with E-state index >= 15 is 0 Å². The molecule has 1 saturated heterocycles. The number of nitrogens with one attached hydrogen (secondary N) is 1. The molecule has 2 unspecified atom stereocenters. The lowest BCUT2D eigenvalue weighted by Crippen LogP contribution is -2.50. The van der Waals surface area contributed by atoms with E-state index in [1.807, 2.05) is 0 Å². The summed E-state index contributed by atoms with van der Waals surface area (Å²) in [4.78, 5) is 13.7. The lowest BCUT2D eigenvalue weighted by molar-refractivity contribution is -0.147. The van der Waals surface area contributed by atoms with Gasteiger partial charge in [-0.1, -0.05) is 13.8 Å². The lowest BCUT2D eigenvalue weighted by Gasteiger charge is -2.35. The normalized spacial score (nSPS) is 27.1. The maximum Gasteiger partial charge on any atom is 0.310 e. The molecule has 0 saturated carbocycles. The lowest BCUT2D eigenvalue weighted by atomic mass is 9.94. The second kappa shape index (κ2) is 6.21. The maximum atomic E-state index is 11.5. The monoisotopic (exact) mass is 228 g/mol. The van der Waals surface area contributed by atoms with Crippen LogP contribution in [0.2, 0.25) is 0 Å². The molecule has 16 heavy (non-hydrogen) atoms. The van der Waals surface area contributed by atoms with E-state index in [9.17, 15) is 4.79 Å². The molecule has 1 heterocycles. The van der Waals surface area contributed by atoms with E-state index < -0.39 is 0 Å². The van der Waals surface area contributed by atoms with Crippen LogP contribution in [0.4, 0.5) is 0 Å². The van der Waals surface area contributed by atoms with Crippen molar-refractivity contribution in [3.05, 3.63) is 0 Å². The minimum Gasteiger partial charge on any atom is -0.469 e. The van der Waals surface area contributed by atoms with Crippen LogP contribution in [-0.4, -0.2) is 50.7 Å². The van der Waals surface area contributed by atoms with Gasteiger partial charge in [0.25, 0.3) is 0 Å². The van der Waals surface area contributed by atoms with Crippen molar-refractivity contribution in [2.45, 2.75) is 26.3 Å². The summed E-state index contributed by atoms with van der Waals surface area (Å²) in [5, 5.41) is 3.51. The second-order valence-electron chi connectivity index (χ2n) is 5.18. The van der Waals surface area contributed by atoms with Gasteiger partial charge in [0, 0.05) is 19.1 Å². The Morgan fingerprint density at radius 3 is 2.75 bits per heavy atom. The molecule has 4 heteroatoms. The van der Waals surface area contributed by atoms with Crippen molar-refractivity contribution in [3.8, 4) is 0 Å². The smallest absolute Gasteiger partial charge is 0.310 e. The number of likely N-dealkylation sites (tertiary alicyclic amines) is 1. The van der Waals surface area contributed by atoms with Crippen molar-refractivity contribution < 1.29 is 9.53 Å². The second-order valence-corrected chi connectivity index (χ2v) is 5.18. The van der Waals surface area contributed by atoms with Gasteiger partial charge in [0.15, 0.2) is 0 Å². The fourth-order valence-electron chi connectivity index (χ4n) is 2.21. The first-order chi connectivity index (χ1) is 7.52. The molecule has 0 bridgehead atoms. The Morgan fingerprint density at radius 2 is 2.19 bits per heavy atom. The van der Waals surface area contributed by atoms with Crippen LogP contribution in [0.5, 0.6) is 0 Å². The number of piperidine rings is 1. The molecule has 0 radical (unpaired) electrons. The molecule has 1 N–H and O–H groups in total. The molecule has 1 fully saturated rings. The average Bonchev–Trinajstić information content (AvgIpc) is 2.24. The average molecular weight is 228 g/mol. The van der Waals surface area contributed by atoms with Crippen LogP contribution in [0.1, 0.15) is 20.3 Å². The highest BCUT2D eigenvalue weighted by Gasteiger charge is 2.30. The molecule has 1 rings (SSSR count). The summed E-state index contributed by atoms with van der Waals surface area (Å²) in [5.41, 5.74) is 0. The highest BCUT2D eigenvalue weighted by Crippen LogP contribution is 2.17. The van der Waals surface area contributed by atoms with Gasteiger partial charge in [-0.15, -0.1) is 0 Å². The molecule has 2 atom stereocenters. The largest absolute Gasteiger partial charge is 0.469 e. The van der Waals surface area contributed by atoms with E-state index in [1.54, 1.807) is 0 Å². The van der Waals surface area contributed by atoms with Gasteiger partial charge >= 0.3 is 5.97 Å². The fraction of sp³-hybridized carbons (Fsp3) is 0.917. The van der Waals surface area contributed by atoms with Crippen molar-refractivity contribution in [2.24, 2.45) is 11.8 Å². The summed E-state index contributed by atoms with van der Waals surface area (Å²) in [5.74, 6) is 0.583. The van der Waals surface area contributed by atoms with Gasteiger partial charge in [0.2, 0.25) is 0 Å². The van der Waals surface area contributed by atoms with E-state index in [1.165, 1.54) is 7.11 Å². The molecule has 94 valence electrons. The molecule has 0 aromatic rings. The number of hydrogen-bond donors (Lipinski definition) is 1. The summed E-state index contributed by atoms with van der Waals surface area (Å²) < 4.78 is 4.82. The van der Waals surface area contributed by atoms with Crippen LogP contribution in [0.15, 0.2) is 0 Å². The first kappa shape index (κ1) is 13.5. The molecule has 0 aliphatic carbocycles. The Balaban J connectivity index is 2.44. The molecule has 0 amide bonds. The number of rotatable bonds is 4. The molecule has 4 nitrogen and oxygen atoms in total. The topological polar surface area (TPSA) is 41.6 Å². The zero-order valence-corrected chi connectivity index (χ0v) is 10.8. The van der Waals surface area contributed by atoms with Crippen LogP contribution in [-0.2, 0) is 9.53 Å². The number of esters is 1. The highest BCUT2D eigenvalue weighted by molar-refractivity contribution is 5.72. The van der Waals surface area contributed by atoms with Crippen molar-refractivity contribution in [1.29, 1.82) is 0 Å². The van der Waals surface area contributed by atoms with E-state index in [-0.39, 0.29) is 11.9 Å². The van der Waals surface area contributed by atoms with Crippen LogP contribution in [0.25, 0.3) is 0 Å².